The van der Waals surface area contributed by atoms with E-state index >= 15 is 0 Å². The maximum absolute atomic E-state index is 12.4. The number of aryl methyl sites for hydroxylation is 2. The first-order valence-electron chi connectivity index (χ1n) is 7.41. The first-order chi connectivity index (χ1) is 12.1. The summed E-state index contributed by atoms with van der Waals surface area (Å²) in [6.07, 6.45) is 0. The van der Waals surface area contributed by atoms with Gasteiger partial charge in [-0.1, -0.05) is 17.7 Å². The molecule has 1 N–H and O–H groups in total. The molecular formula is C17H17F2NO5S. The van der Waals surface area contributed by atoms with Gasteiger partial charge in [-0.15, -0.1) is 0 Å². The van der Waals surface area contributed by atoms with Crippen molar-refractivity contribution in [3.63, 3.8) is 0 Å². The molecule has 0 aliphatic rings. The van der Waals surface area contributed by atoms with Crippen LogP contribution in [-0.2, 0) is 10.0 Å². The number of amides is 1. The number of hydrogen-bond donors (Lipinski definition) is 1. The zero-order chi connectivity index (χ0) is 19.5. The van der Waals surface area contributed by atoms with E-state index in [2.05, 4.69) is 4.74 Å². The van der Waals surface area contributed by atoms with Crippen molar-refractivity contribution in [3.05, 3.63) is 53.1 Å². The zero-order valence-electron chi connectivity index (χ0n) is 14.2. The van der Waals surface area contributed by atoms with Gasteiger partial charge < -0.3 is 9.47 Å². The van der Waals surface area contributed by atoms with Gasteiger partial charge in [-0.25, -0.2) is 13.1 Å². The summed E-state index contributed by atoms with van der Waals surface area (Å²) in [5.41, 5.74) is 1.28. The molecule has 6 nitrogen and oxygen atoms in total. The molecule has 140 valence electrons. The summed E-state index contributed by atoms with van der Waals surface area (Å²) in [7, 11) is -2.89. The third-order valence-corrected chi connectivity index (χ3v) is 4.98. The quantitative estimate of drug-likeness (QED) is 0.827. The Hall–Kier alpha value is -2.68. The fourth-order valence-electron chi connectivity index (χ4n) is 2.34. The standard InChI is InChI=1S/C17H17F2NO5S/c1-10-4-7-15(11(2)8-10)26(22,23)20-16(21)12-5-6-13(25-17(18)19)14(9-12)24-3/h4-9,17H,1-3H3,(H,20,21). The Morgan fingerprint density at radius 2 is 1.77 bits per heavy atom. The summed E-state index contributed by atoms with van der Waals surface area (Å²) in [6, 6.07) is 8.08. The molecule has 9 heteroatoms. The van der Waals surface area contributed by atoms with Gasteiger partial charge in [0, 0.05) is 5.56 Å². The van der Waals surface area contributed by atoms with Crippen LogP contribution in [0.1, 0.15) is 21.5 Å². The molecule has 0 fully saturated rings. The lowest BCUT2D eigenvalue weighted by atomic mass is 10.2. The Morgan fingerprint density at radius 1 is 1.08 bits per heavy atom. The van der Waals surface area contributed by atoms with Crippen molar-refractivity contribution in [2.75, 3.05) is 7.11 Å². The van der Waals surface area contributed by atoms with Gasteiger partial charge in [-0.05, 0) is 43.7 Å². The average molecular weight is 385 g/mol. The van der Waals surface area contributed by atoms with Gasteiger partial charge in [0.05, 0.1) is 12.0 Å². The Bertz CT molecular complexity index is 929. The molecule has 0 heterocycles. The van der Waals surface area contributed by atoms with E-state index in [0.717, 1.165) is 23.8 Å². The number of hydrogen-bond acceptors (Lipinski definition) is 5. The lowest BCUT2D eigenvalue weighted by Crippen LogP contribution is -2.31. The molecule has 0 atom stereocenters. The highest BCUT2D eigenvalue weighted by molar-refractivity contribution is 7.90. The smallest absolute Gasteiger partial charge is 0.387 e. The highest BCUT2D eigenvalue weighted by Gasteiger charge is 2.22. The van der Waals surface area contributed by atoms with E-state index in [1.54, 1.807) is 19.1 Å². The second-order valence-corrected chi connectivity index (χ2v) is 7.10. The third-order valence-electron chi connectivity index (χ3n) is 3.49. The number of benzene rings is 2. The fourth-order valence-corrected chi connectivity index (χ4v) is 3.54. The molecule has 2 aromatic rings. The molecule has 1 amide bonds. The summed E-state index contributed by atoms with van der Waals surface area (Å²) in [6.45, 7) is 0.372. The van der Waals surface area contributed by atoms with E-state index < -0.39 is 22.5 Å². The van der Waals surface area contributed by atoms with Crippen LogP contribution in [0.4, 0.5) is 8.78 Å². The van der Waals surface area contributed by atoms with Gasteiger partial charge in [-0.2, -0.15) is 8.78 Å². The molecule has 0 saturated heterocycles. The molecule has 0 unspecified atom stereocenters. The van der Waals surface area contributed by atoms with Gasteiger partial charge in [0.2, 0.25) is 0 Å². The molecular weight excluding hydrogens is 368 g/mol. The molecule has 26 heavy (non-hydrogen) atoms. The number of ether oxygens (including phenoxy) is 2. The maximum Gasteiger partial charge on any atom is 0.387 e. The third kappa shape index (κ3) is 4.48. The lowest BCUT2D eigenvalue weighted by molar-refractivity contribution is -0.0512. The van der Waals surface area contributed by atoms with Gasteiger partial charge in [0.1, 0.15) is 0 Å². The number of alkyl halides is 2. The van der Waals surface area contributed by atoms with Crippen molar-refractivity contribution in [2.45, 2.75) is 25.4 Å². The fraction of sp³-hybridized carbons (Fsp3) is 0.235. The van der Waals surface area contributed by atoms with Crippen molar-refractivity contribution in [3.8, 4) is 11.5 Å². The molecule has 0 aliphatic carbocycles. The first-order valence-corrected chi connectivity index (χ1v) is 8.89. The normalized spacial score (nSPS) is 11.3. The number of halogens is 2. The molecule has 2 rings (SSSR count). The predicted molar refractivity (Wildman–Crippen MR) is 90.2 cm³/mol. The highest BCUT2D eigenvalue weighted by atomic mass is 32.2. The van der Waals surface area contributed by atoms with E-state index in [1.807, 2.05) is 11.6 Å². The molecule has 0 aromatic heterocycles. The van der Waals surface area contributed by atoms with E-state index in [9.17, 15) is 22.0 Å². The number of rotatable bonds is 6. The van der Waals surface area contributed by atoms with E-state index in [-0.39, 0.29) is 22.0 Å². The van der Waals surface area contributed by atoms with Crippen LogP contribution in [0.5, 0.6) is 11.5 Å². The number of carbonyl (C=O) groups excluding carboxylic acids is 1. The van der Waals surface area contributed by atoms with Crippen molar-refractivity contribution < 1.29 is 31.5 Å². The van der Waals surface area contributed by atoms with Crippen molar-refractivity contribution in [2.24, 2.45) is 0 Å². The predicted octanol–water partition coefficient (Wildman–Crippen LogP) is 3.03. The summed E-state index contributed by atoms with van der Waals surface area (Å²) in [5.74, 6) is -1.31. The van der Waals surface area contributed by atoms with Crippen LogP contribution in [0.3, 0.4) is 0 Å². The summed E-state index contributed by atoms with van der Waals surface area (Å²) >= 11 is 0. The average Bonchev–Trinajstić information content (AvgIpc) is 2.53. The second-order valence-electron chi connectivity index (χ2n) is 5.45. The van der Waals surface area contributed by atoms with Crippen LogP contribution >= 0.6 is 0 Å². The lowest BCUT2D eigenvalue weighted by Gasteiger charge is -2.12. The second kappa shape index (κ2) is 7.69. The Labute approximate surface area is 149 Å². The van der Waals surface area contributed by atoms with Crippen molar-refractivity contribution >= 4 is 15.9 Å². The van der Waals surface area contributed by atoms with E-state index in [4.69, 9.17) is 4.74 Å². The molecule has 0 spiro atoms. The van der Waals surface area contributed by atoms with Gasteiger partial charge in [0.25, 0.3) is 15.9 Å². The van der Waals surface area contributed by atoms with Gasteiger partial charge >= 0.3 is 6.61 Å². The number of nitrogens with one attached hydrogen (secondary N) is 1. The minimum absolute atomic E-state index is 0.0268. The van der Waals surface area contributed by atoms with E-state index in [0.29, 0.717) is 5.56 Å². The summed E-state index contributed by atoms with van der Waals surface area (Å²) < 4.78 is 60.6. The molecule has 0 aliphatic heterocycles. The highest BCUT2D eigenvalue weighted by Crippen LogP contribution is 2.29. The molecule has 0 radical (unpaired) electrons. The number of methoxy groups -OCH3 is 1. The van der Waals surface area contributed by atoms with Crippen LogP contribution < -0.4 is 14.2 Å². The largest absolute Gasteiger partial charge is 0.493 e. The number of carbonyl (C=O) groups is 1. The zero-order valence-corrected chi connectivity index (χ0v) is 15.1. The minimum Gasteiger partial charge on any atom is -0.493 e. The van der Waals surface area contributed by atoms with Crippen LogP contribution in [-0.4, -0.2) is 28.0 Å². The Morgan fingerprint density at radius 3 is 2.35 bits per heavy atom. The molecule has 0 bridgehead atoms. The van der Waals surface area contributed by atoms with E-state index in [1.165, 1.54) is 13.2 Å². The summed E-state index contributed by atoms with van der Waals surface area (Å²) in [4.78, 5) is 12.3. The molecule has 0 saturated carbocycles. The maximum atomic E-state index is 12.4. The Kier molecular flexibility index (Phi) is 5.81. The monoisotopic (exact) mass is 385 g/mol. The molecule has 2 aromatic carbocycles. The number of sulfonamides is 1. The SMILES string of the molecule is COc1cc(C(=O)NS(=O)(=O)c2ccc(C)cc2C)ccc1OC(F)F. The van der Waals surface area contributed by atoms with Crippen molar-refractivity contribution in [1.29, 1.82) is 0 Å². The van der Waals surface area contributed by atoms with Crippen LogP contribution in [0.2, 0.25) is 0 Å². The first kappa shape index (κ1) is 19.6. The summed E-state index contributed by atoms with van der Waals surface area (Å²) in [5, 5.41) is 0. The van der Waals surface area contributed by atoms with Crippen LogP contribution in [0.25, 0.3) is 0 Å². The van der Waals surface area contributed by atoms with Gasteiger partial charge in [0.15, 0.2) is 11.5 Å². The van der Waals surface area contributed by atoms with Crippen LogP contribution in [0, 0.1) is 13.8 Å². The van der Waals surface area contributed by atoms with Crippen LogP contribution in [0.15, 0.2) is 41.3 Å². The topological polar surface area (TPSA) is 81.7 Å². The Balaban J connectivity index is 2.29. The van der Waals surface area contributed by atoms with Gasteiger partial charge in [-0.3, -0.25) is 4.79 Å². The van der Waals surface area contributed by atoms with Crippen molar-refractivity contribution in [1.82, 2.24) is 4.72 Å². The minimum atomic E-state index is -4.10.